The van der Waals surface area contributed by atoms with Gasteiger partial charge in [-0.25, -0.2) is 17.6 Å². The van der Waals surface area contributed by atoms with Gasteiger partial charge in [0.15, 0.2) is 17.5 Å². The molecule has 0 amide bonds. The van der Waals surface area contributed by atoms with Crippen molar-refractivity contribution in [2.45, 2.75) is 89.6 Å². The van der Waals surface area contributed by atoms with Gasteiger partial charge in [0.1, 0.15) is 11.6 Å². The molecule has 7 heteroatoms. The molecule has 4 rings (SSSR count). The fourth-order valence-electron chi connectivity index (χ4n) is 6.18. The van der Waals surface area contributed by atoms with Crippen molar-refractivity contribution in [3.8, 4) is 5.75 Å². The van der Waals surface area contributed by atoms with Crippen LogP contribution in [-0.4, -0.2) is 0 Å². The number of ether oxygens (including phenoxy) is 1. The lowest BCUT2D eigenvalue weighted by atomic mass is 9.68. The summed E-state index contributed by atoms with van der Waals surface area (Å²) >= 11 is 0. The van der Waals surface area contributed by atoms with Crippen LogP contribution < -0.4 is 4.74 Å². The van der Waals surface area contributed by atoms with E-state index in [9.17, 15) is 26.3 Å². The molecule has 2 aliphatic rings. The van der Waals surface area contributed by atoms with Crippen LogP contribution in [-0.2, 0) is 6.11 Å². The number of hydrogen-bond donors (Lipinski definition) is 0. The highest BCUT2D eigenvalue weighted by Crippen LogP contribution is 2.45. The van der Waals surface area contributed by atoms with Gasteiger partial charge in [0.05, 0.1) is 5.56 Å². The van der Waals surface area contributed by atoms with E-state index in [1.54, 1.807) is 0 Å². The van der Waals surface area contributed by atoms with Crippen molar-refractivity contribution < 1.29 is 31.1 Å². The van der Waals surface area contributed by atoms with E-state index in [2.05, 4.69) is 11.7 Å². The lowest BCUT2D eigenvalue weighted by Gasteiger charge is -2.38. The van der Waals surface area contributed by atoms with E-state index in [0.717, 1.165) is 49.7 Å². The van der Waals surface area contributed by atoms with Crippen molar-refractivity contribution in [3.63, 3.8) is 0 Å². The minimum absolute atomic E-state index is 0.112. The number of benzene rings is 2. The zero-order valence-corrected chi connectivity index (χ0v) is 20.7. The maximum absolute atomic E-state index is 14.8. The van der Waals surface area contributed by atoms with E-state index in [-0.39, 0.29) is 5.92 Å². The Morgan fingerprint density at radius 2 is 1.36 bits per heavy atom. The number of alkyl halides is 2. The Balaban J connectivity index is 1.34. The molecule has 0 saturated heterocycles. The Labute approximate surface area is 209 Å². The number of rotatable bonds is 8. The zero-order valence-electron chi connectivity index (χ0n) is 20.7. The molecule has 0 aromatic heterocycles. The molecule has 0 N–H and O–H groups in total. The standard InChI is InChI=1S/C29H34F6O/c1-2-3-4-18-5-7-19(8-6-18)20-9-11-21(12-10-20)22-13-14-24(25(30)15-22)29(34,35)36-23-16-26(31)28(33)27(32)17-23/h13-21H,2-12H2,1H3/t18-,19-,20?,21?. The molecule has 2 aromatic carbocycles. The summed E-state index contributed by atoms with van der Waals surface area (Å²) in [4.78, 5) is 0. The third kappa shape index (κ3) is 6.20. The van der Waals surface area contributed by atoms with Gasteiger partial charge < -0.3 is 4.74 Å². The molecule has 2 fully saturated rings. The highest BCUT2D eigenvalue weighted by Gasteiger charge is 2.39. The third-order valence-corrected chi connectivity index (χ3v) is 8.28. The van der Waals surface area contributed by atoms with E-state index in [1.165, 1.54) is 51.0 Å². The molecule has 0 heterocycles. The van der Waals surface area contributed by atoms with Crippen molar-refractivity contribution in [1.82, 2.24) is 0 Å². The highest BCUT2D eigenvalue weighted by atomic mass is 19.3. The molecule has 0 atom stereocenters. The number of hydrogen-bond acceptors (Lipinski definition) is 1. The smallest absolute Gasteiger partial charge is 0.429 e. The fourth-order valence-corrected chi connectivity index (χ4v) is 6.18. The molecule has 2 aromatic rings. The molecule has 0 aliphatic heterocycles. The van der Waals surface area contributed by atoms with Gasteiger partial charge in [0, 0.05) is 12.1 Å². The molecule has 0 spiro atoms. The average molecular weight is 513 g/mol. The molecule has 0 radical (unpaired) electrons. The van der Waals surface area contributed by atoms with Crippen molar-refractivity contribution in [2.75, 3.05) is 0 Å². The van der Waals surface area contributed by atoms with Crippen LogP contribution in [0.15, 0.2) is 30.3 Å². The molecule has 198 valence electrons. The second-order valence-corrected chi connectivity index (χ2v) is 10.6. The first kappa shape index (κ1) is 26.9. The van der Waals surface area contributed by atoms with E-state index < -0.39 is 40.7 Å². The molecule has 36 heavy (non-hydrogen) atoms. The maximum Gasteiger partial charge on any atom is 0.429 e. The Hall–Kier alpha value is -2.18. The van der Waals surface area contributed by atoms with Crippen LogP contribution in [0.4, 0.5) is 26.3 Å². The SMILES string of the molecule is CCCC[C@H]1CC[C@H](C2CCC(c3ccc(C(F)(F)Oc4cc(F)c(F)c(F)c4)c(F)c3)CC2)CC1. The molecule has 0 unspecified atom stereocenters. The fraction of sp³-hybridized carbons (Fsp3) is 0.586. The van der Waals surface area contributed by atoms with E-state index in [1.807, 2.05) is 0 Å². The first-order valence-electron chi connectivity index (χ1n) is 13.2. The summed E-state index contributed by atoms with van der Waals surface area (Å²) in [6.45, 7) is 2.24. The number of halogens is 6. The summed E-state index contributed by atoms with van der Waals surface area (Å²) in [5.74, 6) is -4.77. The Morgan fingerprint density at radius 3 is 1.92 bits per heavy atom. The maximum atomic E-state index is 14.8. The Morgan fingerprint density at radius 1 is 0.778 bits per heavy atom. The first-order valence-corrected chi connectivity index (χ1v) is 13.2. The predicted octanol–water partition coefficient (Wildman–Crippen LogP) is 9.64. The van der Waals surface area contributed by atoms with E-state index in [0.29, 0.717) is 23.6 Å². The molecule has 1 nitrogen and oxygen atoms in total. The monoisotopic (exact) mass is 512 g/mol. The summed E-state index contributed by atoms with van der Waals surface area (Å²) in [6, 6.07) is 4.15. The van der Waals surface area contributed by atoms with Crippen molar-refractivity contribution in [2.24, 2.45) is 17.8 Å². The number of unbranched alkanes of at least 4 members (excludes halogenated alkanes) is 1. The Kier molecular flexibility index (Phi) is 8.56. The summed E-state index contributed by atoms with van der Waals surface area (Å²) in [7, 11) is 0. The lowest BCUT2D eigenvalue weighted by Crippen LogP contribution is -2.26. The van der Waals surface area contributed by atoms with Gasteiger partial charge in [-0.1, -0.05) is 45.1 Å². The highest BCUT2D eigenvalue weighted by molar-refractivity contribution is 5.31. The summed E-state index contributed by atoms with van der Waals surface area (Å²) in [5, 5.41) is 0. The van der Waals surface area contributed by atoms with Gasteiger partial charge in [-0.2, -0.15) is 8.78 Å². The van der Waals surface area contributed by atoms with Crippen LogP contribution in [0.1, 0.15) is 94.6 Å². The average Bonchev–Trinajstić information content (AvgIpc) is 2.86. The van der Waals surface area contributed by atoms with Crippen molar-refractivity contribution in [1.29, 1.82) is 0 Å². The van der Waals surface area contributed by atoms with Crippen LogP contribution in [0.2, 0.25) is 0 Å². The van der Waals surface area contributed by atoms with Gasteiger partial charge >= 0.3 is 6.11 Å². The van der Waals surface area contributed by atoms with Gasteiger partial charge in [-0.3, -0.25) is 0 Å². The Bertz CT molecular complexity index is 999. The second kappa shape index (κ2) is 11.5. The molecular formula is C29H34F6O. The largest absolute Gasteiger partial charge is 0.429 e. The third-order valence-electron chi connectivity index (χ3n) is 8.28. The topological polar surface area (TPSA) is 9.23 Å². The predicted molar refractivity (Wildman–Crippen MR) is 127 cm³/mol. The van der Waals surface area contributed by atoms with Gasteiger partial charge in [0.25, 0.3) is 0 Å². The van der Waals surface area contributed by atoms with Gasteiger partial charge in [-0.05, 0) is 79.9 Å². The van der Waals surface area contributed by atoms with Crippen LogP contribution in [0.5, 0.6) is 5.75 Å². The van der Waals surface area contributed by atoms with Crippen LogP contribution in [0, 0.1) is 41.0 Å². The molecule has 2 saturated carbocycles. The molecular weight excluding hydrogens is 478 g/mol. The minimum atomic E-state index is -4.19. The lowest BCUT2D eigenvalue weighted by molar-refractivity contribution is -0.187. The van der Waals surface area contributed by atoms with E-state index in [4.69, 9.17) is 0 Å². The zero-order chi connectivity index (χ0) is 25.9. The van der Waals surface area contributed by atoms with Gasteiger partial charge in [-0.15, -0.1) is 0 Å². The summed E-state index contributed by atoms with van der Waals surface area (Å²) in [6.07, 6.45) is 8.91. The summed E-state index contributed by atoms with van der Waals surface area (Å²) in [5.41, 5.74) is -0.363. The van der Waals surface area contributed by atoms with E-state index >= 15 is 0 Å². The van der Waals surface area contributed by atoms with Gasteiger partial charge in [0.2, 0.25) is 0 Å². The van der Waals surface area contributed by atoms with Crippen LogP contribution in [0.3, 0.4) is 0 Å². The molecule has 2 aliphatic carbocycles. The normalized spacial score (nSPS) is 25.1. The first-order chi connectivity index (χ1) is 17.2. The van der Waals surface area contributed by atoms with Crippen LogP contribution in [0.25, 0.3) is 0 Å². The van der Waals surface area contributed by atoms with Crippen LogP contribution >= 0.6 is 0 Å². The molecule has 0 bridgehead atoms. The van der Waals surface area contributed by atoms with Crippen molar-refractivity contribution in [3.05, 3.63) is 64.7 Å². The minimum Gasteiger partial charge on any atom is -0.429 e. The quantitative estimate of drug-likeness (QED) is 0.253. The second-order valence-electron chi connectivity index (χ2n) is 10.6. The summed E-state index contributed by atoms with van der Waals surface area (Å²) < 4.78 is 88.1. The van der Waals surface area contributed by atoms with Crippen molar-refractivity contribution >= 4 is 0 Å².